The van der Waals surface area contributed by atoms with E-state index in [4.69, 9.17) is 10.5 Å². The predicted octanol–water partition coefficient (Wildman–Crippen LogP) is 6.83. The fourth-order valence-corrected chi connectivity index (χ4v) is 15.1. The number of H-pyrrole nitrogens is 1. The Morgan fingerprint density at radius 3 is 1.61 bits per heavy atom. The normalized spacial score (nSPS) is 18.8. The van der Waals surface area contributed by atoms with Crippen molar-refractivity contribution >= 4 is 61.4 Å². The molecule has 4 N–H and O–H groups in total. The lowest BCUT2D eigenvalue weighted by molar-refractivity contribution is 0.0708. The van der Waals surface area contributed by atoms with Crippen LogP contribution in [-0.2, 0) is 82.9 Å². The Labute approximate surface area is 428 Å². The van der Waals surface area contributed by atoms with Gasteiger partial charge in [-0.2, -0.15) is 18.6 Å². The summed E-state index contributed by atoms with van der Waals surface area (Å²) in [5, 5.41) is 13.9. The van der Waals surface area contributed by atoms with E-state index in [1.807, 2.05) is 28.2 Å². The van der Waals surface area contributed by atoms with Gasteiger partial charge < -0.3 is 25.6 Å². The van der Waals surface area contributed by atoms with E-state index in [-0.39, 0.29) is 39.4 Å². The molecule has 6 aliphatic rings. The molecule has 10 rings (SSSR count). The molecule has 2 aromatic heterocycles. The van der Waals surface area contributed by atoms with Gasteiger partial charge in [0.15, 0.2) is 0 Å². The van der Waals surface area contributed by atoms with Crippen LogP contribution in [0.2, 0.25) is 25.7 Å². The van der Waals surface area contributed by atoms with Crippen molar-refractivity contribution in [1.82, 2.24) is 48.4 Å². The summed E-state index contributed by atoms with van der Waals surface area (Å²) in [6, 6.07) is 1.82. The van der Waals surface area contributed by atoms with Gasteiger partial charge in [0, 0.05) is 64.3 Å². The predicted molar refractivity (Wildman–Crippen MR) is 278 cm³/mol. The number of sulfonamides is 2. The van der Waals surface area contributed by atoms with Crippen LogP contribution in [0.15, 0.2) is 15.0 Å². The molecule has 0 amide bonds. The van der Waals surface area contributed by atoms with Crippen LogP contribution in [0.5, 0.6) is 0 Å². The van der Waals surface area contributed by atoms with E-state index in [0.717, 1.165) is 165 Å². The second kappa shape index (κ2) is 22.2. The minimum Gasteiger partial charge on any atom is -0.398 e. The van der Waals surface area contributed by atoms with Crippen LogP contribution in [-0.4, -0.2) is 146 Å². The molecule has 0 saturated carbocycles. The highest BCUT2D eigenvalue weighted by atomic mass is 79.9. The van der Waals surface area contributed by atoms with Crippen LogP contribution in [0, 0.1) is 11.6 Å². The van der Waals surface area contributed by atoms with E-state index in [0.29, 0.717) is 44.9 Å². The number of ether oxygens (including phenoxy) is 1. The Morgan fingerprint density at radius 1 is 0.704 bits per heavy atom. The van der Waals surface area contributed by atoms with E-state index in [1.54, 1.807) is 0 Å². The average molecular weight is 1110 g/mol. The number of piperidine rings is 2. The number of anilines is 3. The van der Waals surface area contributed by atoms with Gasteiger partial charge in [0.25, 0.3) is 30.4 Å². The lowest BCUT2D eigenvalue weighted by atomic mass is 9.98. The molecule has 4 aromatic rings. The molecule has 71 heavy (non-hydrogen) atoms. The van der Waals surface area contributed by atoms with Gasteiger partial charge in [-0.3, -0.25) is 0 Å². The number of nitrogen functional groups attached to an aromatic ring is 1. The molecule has 0 unspecified atom stereocenters. The first-order chi connectivity index (χ1) is 33.6. The van der Waals surface area contributed by atoms with Gasteiger partial charge in [-0.15, -0.1) is 10.2 Å². The van der Waals surface area contributed by atoms with Crippen molar-refractivity contribution in [2.24, 2.45) is 0 Å². The number of benzene rings is 2. The van der Waals surface area contributed by atoms with Gasteiger partial charge in [-0.25, -0.2) is 35.4 Å². The lowest BCUT2D eigenvalue weighted by Crippen LogP contribution is -2.45. The molecular formula is C48H73BrF2N12O5S2Si. The number of nitrogens with two attached hydrogens (primary N) is 1. The van der Waals surface area contributed by atoms with E-state index in [2.05, 4.69) is 76.0 Å². The average Bonchev–Trinajstić information content (AvgIpc) is 4.20. The maximum atomic E-state index is 14.9. The van der Waals surface area contributed by atoms with Crippen molar-refractivity contribution in [2.75, 3.05) is 72.0 Å². The number of hydrogen-bond donors (Lipinski definition) is 3. The summed E-state index contributed by atoms with van der Waals surface area (Å²) in [7, 11) is -0.507. The number of aromatic nitrogens is 6. The molecule has 2 aromatic carbocycles. The minimum absolute atomic E-state index is 0.0371. The van der Waals surface area contributed by atoms with Crippen LogP contribution >= 0.6 is 15.9 Å². The summed E-state index contributed by atoms with van der Waals surface area (Å²) in [6.07, 6.45) is 14.1. The zero-order valence-electron chi connectivity index (χ0n) is 42.5. The number of rotatable bonds is 13. The highest BCUT2D eigenvalue weighted by molar-refractivity contribution is 9.10. The number of hydrogen-bond acceptors (Lipinski definition) is 13. The van der Waals surface area contributed by atoms with E-state index >= 15 is 0 Å². The number of fused-ring (bicyclic) bond motifs is 4. The molecule has 4 aliphatic carbocycles. The van der Waals surface area contributed by atoms with Crippen LogP contribution in [0.25, 0.3) is 0 Å². The summed E-state index contributed by atoms with van der Waals surface area (Å²) < 4.78 is 91.2. The fraction of sp³-hybridized carbons (Fsp3) is 0.667. The smallest absolute Gasteiger partial charge is 0.278 e. The highest BCUT2D eigenvalue weighted by Crippen LogP contribution is 2.42. The summed E-state index contributed by atoms with van der Waals surface area (Å²) in [5.74, 6) is 0.251. The number of nitrogens with one attached hydrogen (secondary N) is 2. The zero-order chi connectivity index (χ0) is 51.0. The van der Waals surface area contributed by atoms with Crippen molar-refractivity contribution < 1.29 is 30.4 Å². The van der Waals surface area contributed by atoms with Gasteiger partial charge in [0.2, 0.25) is 10.7 Å². The van der Waals surface area contributed by atoms with E-state index in [1.165, 1.54) is 13.3 Å². The van der Waals surface area contributed by atoms with Crippen molar-refractivity contribution in [3.63, 3.8) is 0 Å². The van der Waals surface area contributed by atoms with Gasteiger partial charge in [0.1, 0.15) is 18.4 Å². The molecule has 2 fully saturated rings. The third kappa shape index (κ3) is 11.8. The Morgan fingerprint density at radius 2 is 1.14 bits per heavy atom. The third-order valence-electron chi connectivity index (χ3n) is 15.2. The zero-order valence-corrected chi connectivity index (χ0v) is 46.7. The topological polar surface area (TPSA) is 201 Å². The van der Waals surface area contributed by atoms with Crippen LogP contribution < -0.4 is 11.1 Å². The van der Waals surface area contributed by atoms with Crippen LogP contribution in [0.1, 0.15) is 95.9 Å². The second-order valence-corrected chi connectivity index (χ2v) is 31.5. The van der Waals surface area contributed by atoms with Crippen LogP contribution in [0.4, 0.5) is 26.1 Å². The van der Waals surface area contributed by atoms with Gasteiger partial charge in [-0.1, -0.05) is 19.6 Å². The second-order valence-electron chi connectivity index (χ2n) is 21.5. The summed E-state index contributed by atoms with van der Waals surface area (Å²) in [4.78, 5) is 12.7. The molecular weight excluding hydrogens is 1030 g/mol. The van der Waals surface area contributed by atoms with Crippen molar-refractivity contribution in [3.05, 3.63) is 60.9 Å². The first-order valence-corrected chi connectivity index (χ1v) is 32.7. The van der Waals surface area contributed by atoms with E-state index in [9.17, 15) is 25.6 Å². The molecule has 0 spiro atoms. The molecule has 392 valence electrons. The molecule has 0 radical (unpaired) electrons. The quantitative estimate of drug-likeness (QED) is 0.0716. The number of aromatic amines is 1. The van der Waals surface area contributed by atoms with Crippen molar-refractivity contribution in [2.45, 2.75) is 158 Å². The maximum Gasteiger partial charge on any atom is 0.278 e. The van der Waals surface area contributed by atoms with Crippen molar-refractivity contribution in [1.29, 1.82) is 0 Å². The highest BCUT2D eigenvalue weighted by Gasteiger charge is 2.36. The summed E-state index contributed by atoms with van der Waals surface area (Å²) in [5.41, 5.74) is 15.5. The van der Waals surface area contributed by atoms with Gasteiger partial charge >= 0.3 is 0 Å². The lowest BCUT2D eigenvalue weighted by Gasteiger charge is -2.34. The Bertz CT molecular complexity index is 2680. The first kappa shape index (κ1) is 53.9. The van der Waals surface area contributed by atoms with E-state index < -0.39 is 28.1 Å². The third-order valence-corrected chi connectivity index (χ3v) is 20.7. The fourth-order valence-electron chi connectivity index (χ4n) is 11.0. The molecule has 17 nitrogen and oxygen atoms in total. The molecule has 23 heteroatoms. The number of nitrogens with zero attached hydrogens (tertiary/aromatic N) is 9. The monoisotopic (exact) mass is 1110 g/mol. The maximum absolute atomic E-state index is 14.9. The molecule has 0 bridgehead atoms. The molecule has 2 saturated heterocycles. The first-order valence-electron chi connectivity index (χ1n) is 25.3. The van der Waals surface area contributed by atoms with Crippen LogP contribution in [0.3, 0.4) is 0 Å². The largest absolute Gasteiger partial charge is 0.398 e. The minimum atomic E-state index is -3.73. The summed E-state index contributed by atoms with van der Waals surface area (Å²) in [6.45, 7) is 9.42. The van der Waals surface area contributed by atoms with Gasteiger partial charge in [-0.05, 0) is 197 Å². The molecule has 4 heterocycles. The molecule has 0 atom stereocenters. The Hall–Kier alpha value is -3.42. The standard InChI is InChI=1S/C21H29FN6O2S.C15H30BrN5O3SSi.C12H14FN/c1-27(2)13-9-11-28(12-10-13)31(29,30)21-24-20(25-26-21)23-19-16-7-3-5-14(16)18(22)15-6-4-8-17(15)19;1-19(2)13-6-8-20(9-7-13)25(22,23)15-17-14(16)18-21(15)12-24-10-11-26(3,4)5;13-11-7-3-1-5-9(7)12(14)10-6-2-4-8(10)11/h13H,3-12H2,1-2H3,(H2,23,24,25,26);13H,6-12H2,1-5H3;1-6,14H2. The Kier molecular flexibility index (Phi) is 16.8. The van der Waals surface area contributed by atoms with Crippen molar-refractivity contribution in [3.8, 4) is 0 Å². The number of halogens is 3. The Balaban J connectivity index is 0.000000152. The molecule has 2 aliphatic heterocycles. The SMILES string of the molecule is CN(C)C1CCN(S(=O)(=O)c2nc(Br)nn2COCC[Si](C)(C)C)CC1.CN(C)C1CCN(S(=O)(=O)c2nc(Nc3c4c(c(F)c5c3CCC5)CCC4)n[nH]2)CC1.Nc1c2c(c(F)c3c1CCC3)CCC2. The summed E-state index contributed by atoms with van der Waals surface area (Å²) >= 11 is 3.19. The van der Waals surface area contributed by atoms with Gasteiger partial charge in [0.05, 0.1) is 0 Å².